The van der Waals surface area contributed by atoms with Gasteiger partial charge in [-0.3, -0.25) is 0 Å². The molecule has 0 saturated carbocycles. The maximum Gasteiger partial charge on any atom is 0.338 e. The molecule has 0 radical (unpaired) electrons. The lowest BCUT2D eigenvalue weighted by atomic mass is 10.2. The number of aryl methyl sites for hydroxylation is 1. The topological polar surface area (TPSA) is 55.0 Å². The highest BCUT2D eigenvalue weighted by atomic mass is 16.5. The number of rotatable bonds is 3. The van der Waals surface area contributed by atoms with Gasteiger partial charge in [-0.2, -0.15) is 5.26 Å². The standard InChI is InChI=1S/C16H16N2O2/c1-4-20-16(19)13-5-7-15(8-6-13)18-11(2)9-14(10-17)12(18)3/h5-9H,4H2,1-3H3. The number of aromatic nitrogens is 1. The Morgan fingerprint density at radius 3 is 2.45 bits per heavy atom. The lowest BCUT2D eigenvalue weighted by molar-refractivity contribution is 0.0526. The van der Waals surface area contributed by atoms with E-state index in [9.17, 15) is 4.79 Å². The second kappa shape index (κ2) is 5.62. The monoisotopic (exact) mass is 268 g/mol. The van der Waals surface area contributed by atoms with Crippen LogP contribution in [-0.4, -0.2) is 17.1 Å². The first-order chi connectivity index (χ1) is 9.58. The van der Waals surface area contributed by atoms with Gasteiger partial charge in [-0.25, -0.2) is 4.79 Å². The van der Waals surface area contributed by atoms with Crippen LogP contribution in [0.2, 0.25) is 0 Å². The van der Waals surface area contributed by atoms with Gasteiger partial charge in [-0.1, -0.05) is 0 Å². The molecular weight excluding hydrogens is 252 g/mol. The summed E-state index contributed by atoms with van der Waals surface area (Å²) in [6.07, 6.45) is 0. The van der Waals surface area contributed by atoms with E-state index in [1.165, 1.54) is 0 Å². The fraction of sp³-hybridized carbons (Fsp3) is 0.250. The predicted molar refractivity (Wildman–Crippen MR) is 75.9 cm³/mol. The van der Waals surface area contributed by atoms with Crippen molar-refractivity contribution in [2.45, 2.75) is 20.8 Å². The van der Waals surface area contributed by atoms with Gasteiger partial charge in [-0.05, 0) is 51.1 Å². The van der Waals surface area contributed by atoms with Crippen LogP contribution in [-0.2, 0) is 4.74 Å². The fourth-order valence-corrected chi connectivity index (χ4v) is 2.23. The van der Waals surface area contributed by atoms with Crippen molar-refractivity contribution in [1.82, 2.24) is 4.57 Å². The molecule has 0 aliphatic rings. The molecule has 1 aromatic carbocycles. The van der Waals surface area contributed by atoms with Crippen LogP contribution in [0.15, 0.2) is 30.3 Å². The van der Waals surface area contributed by atoms with Crippen LogP contribution in [0.1, 0.15) is 34.2 Å². The van der Waals surface area contributed by atoms with Crippen LogP contribution in [0.25, 0.3) is 5.69 Å². The van der Waals surface area contributed by atoms with Gasteiger partial charge < -0.3 is 9.30 Å². The fourth-order valence-electron chi connectivity index (χ4n) is 2.23. The number of hydrogen-bond acceptors (Lipinski definition) is 3. The summed E-state index contributed by atoms with van der Waals surface area (Å²) in [6.45, 7) is 6.00. The highest BCUT2D eigenvalue weighted by Gasteiger charge is 2.11. The van der Waals surface area contributed by atoms with Gasteiger partial charge in [0.2, 0.25) is 0 Å². The Bertz CT molecular complexity index is 676. The number of benzene rings is 1. The zero-order chi connectivity index (χ0) is 14.7. The van der Waals surface area contributed by atoms with Gasteiger partial charge in [0.15, 0.2) is 0 Å². The first-order valence-electron chi connectivity index (χ1n) is 6.45. The highest BCUT2D eigenvalue weighted by Crippen LogP contribution is 2.20. The zero-order valence-electron chi connectivity index (χ0n) is 11.8. The molecule has 1 aromatic heterocycles. The van der Waals surface area contributed by atoms with Gasteiger partial charge in [0.1, 0.15) is 6.07 Å². The average Bonchev–Trinajstić information content (AvgIpc) is 2.74. The van der Waals surface area contributed by atoms with Crippen LogP contribution in [0, 0.1) is 25.2 Å². The van der Waals surface area contributed by atoms with Crippen molar-refractivity contribution in [2.75, 3.05) is 6.61 Å². The zero-order valence-corrected chi connectivity index (χ0v) is 11.8. The Kier molecular flexibility index (Phi) is 3.90. The Balaban J connectivity index is 2.38. The Morgan fingerprint density at radius 1 is 1.30 bits per heavy atom. The average molecular weight is 268 g/mol. The van der Waals surface area contributed by atoms with E-state index in [2.05, 4.69) is 6.07 Å². The molecule has 2 rings (SSSR count). The van der Waals surface area contributed by atoms with Crippen LogP contribution >= 0.6 is 0 Å². The summed E-state index contributed by atoms with van der Waals surface area (Å²) in [7, 11) is 0. The van der Waals surface area contributed by atoms with Crippen molar-refractivity contribution < 1.29 is 9.53 Å². The lowest BCUT2D eigenvalue weighted by Crippen LogP contribution is -2.05. The van der Waals surface area contributed by atoms with Crippen LogP contribution < -0.4 is 0 Å². The minimum atomic E-state index is -0.322. The molecular formula is C16H16N2O2. The third-order valence-corrected chi connectivity index (χ3v) is 3.19. The van der Waals surface area contributed by atoms with Gasteiger partial charge in [0.25, 0.3) is 0 Å². The van der Waals surface area contributed by atoms with E-state index in [-0.39, 0.29) is 5.97 Å². The maximum absolute atomic E-state index is 11.6. The molecule has 0 N–H and O–H groups in total. The summed E-state index contributed by atoms with van der Waals surface area (Å²) in [5.74, 6) is -0.322. The van der Waals surface area contributed by atoms with E-state index in [1.54, 1.807) is 19.1 Å². The molecule has 4 nitrogen and oxygen atoms in total. The highest BCUT2D eigenvalue weighted by molar-refractivity contribution is 5.89. The Morgan fingerprint density at radius 2 is 1.95 bits per heavy atom. The van der Waals surface area contributed by atoms with Gasteiger partial charge >= 0.3 is 5.97 Å². The van der Waals surface area contributed by atoms with Gasteiger partial charge in [-0.15, -0.1) is 0 Å². The maximum atomic E-state index is 11.6. The van der Waals surface area contributed by atoms with Crippen molar-refractivity contribution in [3.8, 4) is 11.8 Å². The number of hydrogen-bond donors (Lipinski definition) is 0. The summed E-state index contributed by atoms with van der Waals surface area (Å²) in [5.41, 5.74) is 4.00. The Labute approximate surface area is 118 Å². The molecule has 20 heavy (non-hydrogen) atoms. The number of ether oxygens (including phenoxy) is 1. The van der Waals surface area contributed by atoms with Gasteiger partial charge in [0.05, 0.1) is 17.7 Å². The van der Waals surface area contributed by atoms with Crippen molar-refractivity contribution in [1.29, 1.82) is 5.26 Å². The van der Waals surface area contributed by atoms with Crippen molar-refractivity contribution in [3.05, 3.63) is 52.8 Å². The molecule has 0 aliphatic carbocycles. The molecule has 102 valence electrons. The Hall–Kier alpha value is -2.54. The lowest BCUT2D eigenvalue weighted by Gasteiger charge is -2.10. The second-order valence-corrected chi connectivity index (χ2v) is 4.50. The van der Waals surface area contributed by atoms with E-state index >= 15 is 0 Å². The molecule has 0 fully saturated rings. The minimum absolute atomic E-state index is 0.322. The third-order valence-electron chi connectivity index (χ3n) is 3.19. The smallest absolute Gasteiger partial charge is 0.338 e. The summed E-state index contributed by atoms with van der Waals surface area (Å²) in [5, 5.41) is 9.05. The van der Waals surface area contributed by atoms with E-state index in [0.717, 1.165) is 17.1 Å². The van der Waals surface area contributed by atoms with E-state index in [1.807, 2.05) is 36.6 Å². The van der Waals surface area contributed by atoms with Crippen molar-refractivity contribution >= 4 is 5.97 Å². The van der Waals surface area contributed by atoms with Crippen molar-refractivity contribution in [2.24, 2.45) is 0 Å². The quantitative estimate of drug-likeness (QED) is 0.803. The summed E-state index contributed by atoms with van der Waals surface area (Å²) < 4.78 is 6.95. The molecule has 0 amide bonds. The molecule has 4 heteroatoms. The summed E-state index contributed by atoms with van der Waals surface area (Å²) in [6, 6.07) is 11.2. The minimum Gasteiger partial charge on any atom is -0.462 e. The molecule has 0 atom stereocenters. The van der Waals surface area contributed by atoms with Gasteiger partial charge in [0, 0.05) is 17.1 Å². The van der Waals surface area contributed by atoms with E-state index in [4.69, 9.17) is 10.00 Å². The van der Waals surface area contributed by atoms with Crippen LogP contribution in [0.5, 0.6) is 0 Å². The summed E-state index contributed by atoms with van der Waals surface area (Å²) in [4.78, 5) is 11.6. The molecule has 0 unspecified atom stereocenters. The number of carbonyl (C=O) groups is 1. The van der Waals surface area contributed by atoms with Crippen LogP contribution in [0.4, 0.5) is 0 Å². The molecule has 0 saturated heterocycles. The second-order valence-electron chi connectivity index (χ2n) is 4.50. The van der Waals surface area contributed by atoms with E-state index < -0.39 is 0 Å². The molecule has 1 heterocycles. The first-order valence-corrected chi connectivity index (χ1v) is 6.45. The number of nitriles is 1. The third kappa shape index (κ3) is 2.43. The molecule has 0 aliphatic heterocycles. The number of esters is 1. The number of carbonyl (C=O) groups excluding carboxylic acids is 1. The summed E-state index contributed by atoms with van der Waals surface area (Å²) >= 11 is 0. The molecule has 2 aromatic rings. The predicted octanol–water partition coefficient (Wildman–Crippen LogP) is 3.14. The normalized spacial score (nSPS) is 10.1. The van der Waals surface area contributed by atoms with Crippen LogP contribution in [0.3, 0.4) is 0 Å². The number of nitrogens with zero attached hydrogens (tertiary/aromatic N) is 2. The first kappa shape index (κ1) is 13.9. The molecule has 0 bridgehead atoms. The SMILES string of the molecule is CCOC(=O)c1ccc(-n2c(C)cc(C#N)c2C)cc1. The largest absolute Gasteiger partial charge is 0.462 e. The van der Waals surface area contributed by atoms with E-state index in [0.29, 0.717) is 17.7 Å². The van der Waals surface area contributed by atoms with Crippen molar-refractivity contribution in [3.63, 3.8) is 0 Å². The molecule has 0 spiro atoms.